The first-order valence-corrected chi connectivity index (χ1v) is 8.50. The van der Waals surface area contributed by atoms with Gasteiger partial charge in [-0.2, -0.15) is 0 Å². The van der Waals surface area contributed by atoms with E-state index in [1.54, 1.807) is 24.3 Å². The van der Waals surface area contributed by atoms with Gasteiger partial charge in [-0.3, -0.25) is 0 Å². The molecule has 114 valence electrons. The van der Waals surface area contributed by atoms with Gasteiger partial charge in [0.1, 0.15) is 4.90 Å². The quantitative estimate of drug-likeness (QED) is 0.651. The molecule has 0 radical (unpaired) electrons. The van der Waals surface area contributed by atoms with E-state index >= 15 is 0 Å². The first kappa shape index (κ1) is 16.9. The van der Waals surface area contributed by atoms with Gasteiger partial charge in [-0.25, -0.2) is 13.1 Å². The van der Waals surface area contributed by atoms with E-state index in [4.69, 9.17) is 0 Å². The maximum atomic E-state index is 12.2. The van der Waals surface area contributed by atoms with Crippen LogP contribution < -0.4 is 10.0 Å². The first-order chi connectivity index (χ1) is 9.51. The highest BCUT2D eigenvalue weighted by atomic mass is 32.2. The summed E-state index contributed by atoms with van der Waals surface area (Å²) < 4.78 is 26.9. The Bertz CT molecular complexity index is 503. The van der Waals surface area contributed by atoms with Gasteiger partial charge in [0.05, 0.1) is 11.8 Å². The van der Waals surface area contributed by atoms with Crippen LogP contribution >= 0.6 is 0 Å². The lowest BCUT2D eigenvalue weighted by atomic mass is 10.2. The number of anilines is 1. The van der Waals surface area contributed by atoms with Crippen molar-refractivity contribution in [1.82, 2.24) is 4.72 Å². The summed E-state index contributed by atoms with van der Waals surface area (Å²) >= 11 is 0. The van der Waals surface area contributed by atoms with Crippen molar-refractivity contribution in [2.24, 2.45) is 0 Å². The normalized spacial score (nSPS) is 13.2. The van der Waals surface area contributed by atoms with Gasteiger partial charge in [-0.15, -0.1) is 0 Å². The Hall–Kier alpha value is -1.11. The molecule has 0 aromatic heterocycles. The smallest absolute Gasteiger partial charge is 0.242 e. The summed E-state index contributed by atoms with van der Waals surface area (Å²) in [6, 6.07) is 6.80. The Morgan fingerprint density at radius 2 is 1.90 bits per heavy atom. The minimum atomic E-state index is -3.48. The first-order valence-electron chi connectivity index (χ1n) is 7.01. The largest absolute Gasteiger partial charge is 0.393 e. The zero-order valence-corrected chi connectivity index (χ0v) is 12.9. The van der Waals surface area contributed by atoms with Gasteiger partial charge in [-0.1, -0.05) is 26.0 Å². The Kier molecular flexibility index (Phi) is 6.98. The van der Waals surface area contributed by atoms with E-state index in [1.807, 2.05) is 13.8 Å². The molecule has 0 spiro atoms. The second kappa shape index (κ2) is 8.24. The van der Waals surface area contributed by atoms with Crippen LogP contribution in [-0.4, -0.2) is 32.7 Å². The standard InChI is InChI=1S/C14H24N2O3S/c1-3-10-16-20(18,19)14-8-6-5-7-13(14)15-11-9-12(17)4-2/h5-8,12,15-17H,3-4,9-11H2,1-2H3. The number of aliphatic hydroxyl groups excluding tert-OH is 1. The van der Waals surface area contributed by atoms with Gasteiger partial charge < -0.3 is 10.4 Å². The van der Waals surface area contributed by atoms with E-state index in [0.717, 1.165) is 6.42 Å². The molecule has 0 fully saturated rings. The van der Waals surface area contributed by atoms with Crippen LogP contribution in [0.4, 0.5) is 5.69 Å². The molecule has 1 atom stereocenters. The predicted molar refractivity (Wildman–Crippen MR) is 81.3 cm³/mol. The molecule has 1 rings (SSSR count). The fraction of sp³-hybridized carbons (Fsp3) is 0.571. The Morgan fingerprint density at radius 3 is 2.55 bits per heavy atom. The molecule has 0 saturated carbocycles. The zero-order chi connectivity index (χ0) is 15.0. The molecule has 20 heavy (non-hydrogen) atoms. The Balaban J connectivity index is 2.78. The van der Waals surface area contributed by atoms with Gasteiger partial charge in [0, 0.05) is 13.1 Å². The third-order valence-corrected chi connectivity index (χ3v) is 4.50. The highest BCUT2D eigenvalue weighted by molar-refractivity contribution is 7.89. The van der Waals surface area contributed by atoms with Crippen molar-refractivity contribution in [2.75, 3.05) is 18.4 Å². The SMILES string of the molecule is CCCNS(=O)(=O)c1ccccc1NCCC(O)CC. The molecule has 5 nitrogen and oxygen atoms in total. The topological polar surface area (TPSA) is 78.4 Å². The number of benzene rings is 1. The number of hydrogen-bond acceptors (Lipinski definition) is 4. The lowest BCUT2D eigenvalue weighted by molar-refractivity contribution is 0.164. The van der Waals surface area contributed by atoms with Crippen molar-refractivity contribution in [3.63, 3.8) is 0 Å². The Morgan fingerprint density at radius 1 is 1.20 bits per heavy atom. The predicted octanol–water partition coefficient (Wildman–Crippen LogP) is 1.95. The number of nitrogens with one attached hydrogen (secondary N) is 2. The van der Waals surface area contributed by atoms with Crippen molar-refractivity contribution >= 4 is 15.7 Å². The number of sulfonamides is 1. The highest BCUT2D eigenvalue weighted by Crippen LogP contribution is 2.20. The number of hydrogen-bond donors (Lipinski definition) is 3. The van der Waals surface area contributed by atoms with E-state index in [-0.39, 0.29) is 11.0 Å². The van der Waals surface area contributed by atoms with Crippen LogP contribution in [0.2, 0.25) is 0 Å². The van der Waals surface area contributed by atoms with Gasteiger partial charge in [-0.05, 0) is 31.4 Å². The minimum absolute atomic E-state index is 0.249. The molecule has 1 aromatic rings. The fourth-order valence-electron chi connectivity index (χ4n) is 1.74. The van der Waals surface area contributed by atoms with E-state index in [9.17, 15) is 13.5 Å². The van der Waals surface area contributed by atoms with Gasteiger partial charge in [0.25, 0.3) is 0 Å². The lowest BCUT2D eigenvalue weighted by Gasteiger charge is -2.14. The molecule has 0 amide bonds. The monoisotopic (exact) mass is 300 g/mol. The van der Waals surface area contributed by atoms with Crippen LogP contribution in [0.5, 0.6) is 0 Å². The summed E-state index contributed by atoms with van der Waals surface area (Å²) in [5.41, 5.74) is 0.569. The van der Waals surface area contributed by atoms with Gasteiger partial charge >= 0.3 is 0 Å². The molecule has 1 unspecified atom stereocenters. The van der Waals surface area contributed by atoms with Crippen molar-refractivity contribution in [3.05, 3.63) is 24.3 Å². The molecule has 0 aliphatic rings. The molecule has 0 aliphatic heterocycles. The summed E-state index contributed by atoms with van der Waals surface area (Å²) in [6.45, 7) is 4.79. The molecule has 0 bridgehead atoms. The van der Waals surface area contributed by atoms with E-state index in [2.05, 4.69) is 10.0 Å². The minimum Gasteiger partial charge on any atom is -0.393 e. The third-order valence-electron chi connectivity index (χ3n) is 2.98. The van der Waals surface area contributed by atoms with Gasteiger partial charge in [0.15, 0.2) is 0 Å². The lowest BCUT2D eigenvalue weighted by Crippen LogP contribution is -2.25. The maximum Gasteiger partial charge on any atom is 0.242 e. The fourth-order valence-corrected chi connectivity index (χ4v) is 3.05. The van der Waals surface area contributed by atoms with Crippen LogP contribution in [0, 0.1) is 0 Å². The van der Waals surface area contributed by atoms with Crippen LogP contribution in [-0.2, 0) is 10.0 Å². The summed E-state index contributed by atoms with van der Waals surface area (Å²) in [5.74, 6) is 0. The molecule has 3 N–H and O–H groups in total. The van der Waals surface area contributed by atoms with Crippen LogP contribution in [0.3, 0.4) is 0 Å². The second-order valence-electron chi connectivity index (χ2n) is 4.67. The number of rotatable bonds is 9. The number of aliphatic hydroxyl groups is 1. The molecule has 0 saturated heterocycles. The summed E-state index contributed by atoms with van der Waals surface area (Å²) in [6.07, 6.45) is 1.68. The molecule has 0 aliphatic carbocycles. The van der Waals surface area contributed by atoms with Crippen LogP contribution in [0.15, 0.2) is 29.2 Å². The molecular weight excluding hydrogens is 276 g/mol. The third kappa shape index (κ3) is 5.11. The van der Waals surface area contributed by atoms with E-state index in [0.29, 0.717) is 31.6 Å². The molecule has 1 aromatic carbocycles. The maximum absolute atomic E-state index is 12.2. The number of para-hydroxylation sites is 1. The van der Waals surface area contributed by atoms with Crippen LogP contribution in [0.1, 0.15) is 33.1 Å². The summed E-state index contributed by atoms with van der Waals surface area (Å²) in [7, 11) is -3.48. The average molecular weight is 300 g/mol. The van der Waals surface area contributed by atoms with E-state index in [1.165, 1.54) is 0 Å². The van der Waals surface area contributed by atoms with E-state index < -0.39 is 10.0 Å². The van der Waals surface area contributed by atoms with Crippen molar-refractivity contribution < 1.29 is 13.5 Å². The van der Waals surface area contributed by atoms with Crippen molar-refractivity contribution in [1.29, 1.82) is 0 Å². The molecule has 6 heteroatoms. The Labute approximate surface area is 121 Å². The molecular formula is C14H24N2O3S. The van der Waals surface area contributed by atoms with Crippen LogP contribution in [0.25, 0.3) is 0 Å². The second-order valence-corrected chi connectivity index (χ2v) is 6.41. The molecule has 0 heterocycles. The van der Waals surface area contributed by atoms with Gasteiger partial charge in [0.2, 0.25) is 10.0 Å². The summed E-state index contributed by atoms with van der Waals surface area (Å²) in [4.78, 5) is 0.249. The van der Waals surface area contributed by atoms with Crippen molar-refractivity contribution in [2.45, 2.75) is 44.1 Å². The zero-order valence-electron chi connectivity index (χ0n) is 12.1. The highest BCUT2D eigenvalue weighted by Gasteiger charge is 2.17. The summed E-state index contributed by atoms with van der Waals surface area (Å²) in [5, 5.41) is 12.6. The van der Waals surface area contributed by atoms with Crippen molar-refractivity contribution in [3.8, 4) is 0 Å². The average Bonchev–Trinajstić information content (AvgIpc) is 2.45.